The Morgan fingerprint density at radius 2 is 2.00 bits per heavy atom. The van der Waals surface area contributed by atoms with E-state index in [-0.39, 0.29) is 4.75 Å². The molecule has 0 atom stereocenters. The van der Waals surface area contributed by atoms with E-state index < -0.39 is 0 Å². The van der Waals surface area contributed by atoms with Crippen LogP contribution < -0.4 is 5.73 Å². The average molecular weight is 244 g/mol. The number of nitrogens with two attached hydrogens (primary N) is 1. The van der Waals surface area contributed by atoms with E-state index in [9.17, 15) is 0 Å². The fourth-order valence-electron chi connectivity index (χ4n) is 1.81. The number of hydrogen-bond acceptors (Lipinski definition) is 3. The molecule has 0 bridgehead atoms. The molecule has 0 aliphatic carbocycles. The number of rotatable bonds is 1. The molecule has 0 amide bonds. The number of thiol groups is 1. The molecule has 0 spiro atoms. The molecule has 1 aliphatic heterocycles. The van der Waals surface area contributed by atoms with Gasteiger partial charge < -0.3 is 10.5 Å². The first-order valence-corrected chi connectivity index (χ1v) is 5.80. The van der Waals surface area contributed by atoms with Crippen molar-refractivity contribution in [3.63, 3.8) is 0 Å². The van der Waals surface area contributed by atoms with Gasteiger partial charge in [-0.3, -0.25) is 0 Å². The van der Waals surface area contributed by atoms with Crippen molar-refractivity contribution >= 4 is 29.9 Å². The van der Waals surface area contributed by atoms with Gasteiger partial charge >= 0.3 is 0 Å². The maximum Gasteiger partial charge on any atom is 0.0638 e. The fraction of sp³-hybridized carbons (Fsp3) is 0.455. The Morgan fingerprint density at radius 1 is 1.33 bits per heavy atom. The third kappa shape index (κ3) is 2.25. The number of anilines is 1. The van der Waals surface area contributed by atoms with Crippen LogP contribution in [0.4, 0.5) is 5.69 Å². The van der Waals surface area contributed by atoms with E-state index in [4.69, 9.17) is 34.7 Å². The van der Waals surface area contributed by atoms with E-state index in [2.05, 4.69) is 0 Å². The summed E-state index contributed by atoms with van der Waals surface area (Å²) in [6.07, 6.45) is 1.83. The molecule has 1 aromatic rings. The summed E-state index contributed by atoms with van der Waals surface area (Å²) in [5.41, 5.74) is 7.43. The van der Waals surface area contributed by atoms with Crippen LogP contribution in [0.5, 0.6) is 0 Å². The second-order valence-corrected chi connectivity index (χ2v) is 5.14. The molecule has 2 N–H and O–H groups in total. The van der Waals surface area contributed by atoms with Gasteiger partial charge in [0.05, 0.1) is 10.7 Å². The number of ether oxygens (including phenoxy) is 1. The quantitative estimate of drug-likeness (QED) is 0.588. The maximum atomic E-state index is 6.00. The van der Waals surface area contributed by atoms with E-state index in [0.29, 0.717) is 10.7 Å². The lowest BCUT2D eigenvalue weighted by atomic mass is 9.90. The summed E-state index contributed by atoms with van der Waals surface area (Å²) >= 11 is 10.7. The molecule has 4 heteroatoms. The number of hydrogen-bond donors (Lipinski definition) is 2. The molecule has 0 saturated carbocycles. The van der Waals surface area contributed by atoms with Gasteiger partial charge in [-0.15, -0.1) is 0 Å². The first-order chi connectivity index (χ1) is 7.12. The zero-order valence-electron chi connectivity index (χ0n) is 8.37. The monoisotopic (exact) mass is 243 g/mol. The van der Waals surface area contributed by atoms with Gasteiger partial charge in [-0.25, -0.2) is 0 Å². The highest BCUT2D eigenvalue weighted by Gasteiger charge is 2.30. The summed E-state index contributed by atoms with van der Waals surface area (Å²) in [4.78, 5) is 0. The van der Waals surface area contributed by atoms with Crippen LogP contribution in [-0.2, 0) is 9.48 Å². The van der Waals surface area contributed by atoms with Crippen molar-refractivity contribution in [3.8, 4) is 0 Å². The summed E-state index contributed by atoms with van der Waals surface area (Å²) in [7, 11) is 0. The van der Waals surface area contributed by atoms with Crippen molar-refractivity contribution in [1.29, 1.82) is 0 Å². The third-order valence-corrected chi connectivity index (χ3v) is 3.89. The molecule has 0 unspecified atom stereocenters. The van der Waals surface area contributed by atoms with Crippen molar-refractivity contribution in [2.75, 3.05) is 18.9 Å². The molecule has 2 rings (SSSR count). The van der Waals surface area contributed by atoms with E-state index in [1.54, 1.807) is 0 Å². The summed E-state index contributed by atoms with van der Waals surface area (Å²) in [5.74, 6) is 0. The third-order valence-electron chi connectivity index (χ3n) is 2.86. The van der Waals surface area contributed by atoms with Gasteiger partial charge in [0.1, 0.15) is 0 Å². The molecule has 1 heterocycles. The van der Waals surface area contributed by atoms with E-state index in [0.717, 1.165) is 31.6 Å². The second-order valence-electron chi connectivity index (χ2n) is 3.88. The van der Waals surface area contributed by atoms with Crippen LogP contribution in [0, 0.1) is 0 Å². The van der Waals surface area contributed by atoms with Crippen LogP contribution in [0.1, 0.15) is 18.4 Å². The Kier molecular flexibility index (Phi) is 3.14. The highest BCUT2D eigenvalue weighted by atomic mass is 35.5. The van der Waals surface area contributed by atoms with Gasteiger partial charge in [0, 0.05) is 18.0 Å². The highest BCUT2D eigenvalue weighted by molar-refractivity contribution is 7.81. The Hall–Kier alpha value is -0.380. The first kappa shape index (κ1) is 11.1. The Morgan fingerprint density at radius 3 is 2.60 bits per heavy atom. The van der Waals surface area contributed by atoms with E-state index in [1.165, 1.54) is 0 Å². The number of nitrogen functional groups attached to an aromatic ring is 1. The summed E-state index contributed by atoms with van der Waals surface area (Å²) in [6, 6.07) is 5.75. The standard InChI is InChI=1S/C11H14ClNOS/c12-9-7-8(1-2-10(9)13)11(15)3-5-14-6-4-11/h1-2,7,15H,3-6,13H2. The van der Waals surface area contributed by atoms with Gasteiger partial charge in [-0.1, -0.05) is 17.7 Å². The van der Waals surface area contributed by atoms with E-state index >= 15 is 0 Å². The molecule has 1 aromatic carbocycles. The van der Waals surface area contributed by atoms with Crippen molar-refractivity contribution in [2.45, 2.75) is 17.6 Å². The number of halogens is 1. The average Bonchev–Trinajstić information content (AvgIpc) is 2.23. The topological polar surface area (TPSA) is 35.2 Å². The summed E-state index contributed by atoms with van der Waals surface area (Å²) in [6.45, 7) is 1.51. The van der Waals surface area contributed by atoms with Crippen LogP contribution in [-0.4, -0.2) is 13.2 Å². The molecule has 1 aliphatic rings. The van der Waals surface area contributed by atoms with Crippen molar-refractivity contribution in [1.82, 2.24) is 0 Å². The minimum absolute atomic E-state index is 0.115. The molecule has 82 valence electrons. The van der Waals surface area contributed by atoms with Gasteiger partial charge in [-0.2, -0.15) is 12.6 Å². The smallest absolute Gasteiger partial charge is 0.0638 e. The predicted molar refractivity (Wildman–Crippen MR) is 66.6 cm³/mol. The molecular weight excluding hydrogens is 230 g/mol. The first-order valence-electron chi connectivity index (χ1n) is 4.97. The Bertz CT molecular complexity index is 364. The van der Waals surface area contributed by atoms with Crippen LogP contribution >= 0.6 is 24.2 Å². The Balaban J connectivity index is 2.31. The van der Waals surface area contributed by atoms with E-state index in [1.807, 2.05) is 18.2 Å². The van der Waals surface area contributed by atoms with Crippen molar-refractivity contribution in [3.05, 3.63) is 28.8 Å². The lowest BCUT2D eigenvalue weighted by Crippen LogP contribution is -2.28. The summed E-state index contributed by atoms with van der Waals surface area (Å²) < 4.78 is 5.22. The molecule has 1 fully saturated rings. The lowest BCUT2D eigenvalue weighted by molar-refractivity contribution is 0.0774. The van der Waals surface area contributed by atoms with Crippen LogP contribution in [0.25, 0.3) is 0 Å². The van der Waals surface area contributed by atoms with Crippen LogP contribution in [0.3, 0.4) is 0 Å². The summed E-state index contributed by atoms with van der Waals surface area (Å²) in [5, 5.41) is 0.604. The second kappa shape index (κ2) is 4.24. The molecule has 15 heavy (non-hydrogen) atoms. The van der Waals surface area contributed by atoms with Crippen LogP contribution in [0.15, 0.2) is 18.2 Å². The molecule has 2 nitrogen and oxygen atoms in total. The molecule has 1 saturated heterocycles. The number of benzene rings is 1. The minimum atomic E-state index is -0.115. The predicted octanol–water partition coefficient (Wildman–Crippen LogP) is 2.86. The normalized spacial score (nSPS) is 20.1. The SMILES string of the molecule is Nc1ccc(C2(S)CCOCC2)cc1Cl. The van der Waals surface area contributed by atoms with Gasteiger partial charge in [-0.05, 0) is 30.5 Å². The lowest BCUT2D eigenvalue weighted by Gasteiger charge is -2.33. The highest BCUT2D eigenvalue weighted by Crippen LogP contribution is 2.39. The van der Waals surface area contributed by atoms with Gasteiger partial charge in [0.2, 0.25) is 0 Å². The Labute approximate surface area is 100 Å². The fourth-order valence-corrected chi connectivity index (χ4v) is 2.32. The van der Waals surface area contributed by atoms with Crippen molar-refractivity contribution in [2.24, 2.45) is 0 Å². The zero-order valence-corrected chi connectivity index (χ0v) is 10.0. The zero-order chi connectivity index (χ0) is 10.9. The van der Waals surface area contributed by atoms with Crippen LogP contribution in [0.2, 0.25) is 5.02 Å². The minimum Gasteiger partial charge on any atom is -0.398 e. The maximum absolute atomic E-state index is 6.00. The molecule has 0 radical (unpaired) electrons. The molecular formula is C11H14ClNOS. The van der Waals surface area contributed by atoms with Gasteiger partial charge in [0.25, 0.3) is 0 Å². The van der Waals surface area contributed by atoms with Gasteiger partial charge in [0.15, 0.2) is 0 Å². The molecule has 0 aromatic heterocycles. The largest absolute Gasteiger partial charge is 0.398 e. The van der Waals surface area contributed by atoms with Crippen molar-refractivity contribution < 1.29 is 4.74 Å².